The summed E-state index contributed by atoms with van der Waals surface area (Å²) in [5.41, 5.74) is -3.99. The highest BCUT2D eigenvalue weighted by Gasteiger charge is 2.48. The first-order valence-corrected chi connectivity index (χ1v) is 46.5. The first kappa shape index (κ1) is 67.5. The molecule has 0 N–H and O–H groups in total. The molecule has 0 saturated carbocycles. The van der Waals surface area contributed by atoms with Gasteiger partial charge in [-0.25, -0.2) is 0 Å². The number of nitrogens with zero attached hydrogens (tertiary/aromatic N) is 3. The van der Waals surface area contributed by atoms with Gasteiger partial charge >= 0.3 is 0 Å². The van der Waals surface area contributed by atoms with E-state index in [0.717, 1.165) is 44.1 Å². The molecular weight excluding hydrogens is 1570 g/mol. The van der Waals surface area contributed by atoms with Gasteiger partial charge in [-0.3, -0.25) is 0 Å². The summed E-state index contributed by atoms with van der Waals surface area (Å²) in [5, 5.41) is 1.84. The second-order valence-electron chi connectivity index (χ2n) is 49.1. The Kier molecular flexibility index (Phi) is 16.4. The Bertz CT molecular complexity index is 8100. The van der Waals surface area contributed by atoms with Crippen molar-refractivity contribution < 1.29 is 31.5 Å². The van der Waals surface area contributed by atoms with Crippen LogP contribution < -0.4 is 26.2 Å². The van der Waals surface area contributed by atoms with Gasteiger partial charge in [-0.2, -0.15) is 0 Å². The molecule has 4 heteroatoms. The number of benzene rings is 13. The van der Waals surface area contributed by atoms with Gasteiger partial charge in [-0.15, -0.1) is 0 Å². The zero-order valence-corrected chi connectivity index (χ0v) is 84.2. The standard InChI is InChI=1S/C126H148BN3/c1-115(2,3)83-47-42-78(43-48-83)96-70-91(123(25,26)27)72-100(94-56-51-87(119(13,14)15)74-102(94)125(31,32)33)113(96)129-108-64-80(77-40-38-37-39-41-77)46-58-104(108)127-105-59-55-93(128-106-60-53-85(117(7,8)9)68-98(106)99-69-86(118(10,11)12)54-61-107(99)128)76-109(105)130(111-66-82(65-110(129)112(111)127)81-62-89(121(19,20)21)67-90(63-81)122(22,23)24)114-97(79-44-49-84(50-45-79)116(4,5)6)71-92(124(28,29)30)73-101(114)95-57-52-88(120(16,17)18)75-103(95)126(34,35)36/h37-76H,1-36H3/i37D,38D,39D,40D,41D,42D,43D,44D,45D,47D,48D,49D,50D,51D,52D,56D,57D,70D,71D,72D,73D,74D,75D. The van der Waals surface area contributed by atoms with Crippen LogP contribution in [0.3, 0.4) is 0 Å². The van der Waals surface area contributed by atoms with Crippen LogP contribution in [0, 0.1) is 0 Å². The number of hydrogen-bond acceptors (Lipinski definition) is 2. The number of fused-ring (bicyclic) bond motifs is 7. The van der Waals surface area contributed by atoms with Gasteiger partial charge in [-0.1, -0.05) is 413 Å². The third-order valence-electron chi connectivity index (χ3n) is 25.9. The van der Waals surface area contributed by atoms with E-state index in [2.05, 4.69) is 142 Å². The number of hydrogen-bond donors (Lipinski definition) is 0. The number of rotatable bonds is 9. The van der Waals surface area contributed by atoms with Gasteiger partial charge in [0.15, 0.2) is 0 Å². The minimum atomic E-state index is -1.31. The number of anilines is 6. The second-order valence-corrected chi connectivity index (χ2v) is 49.1. The minimum absolute atomic E-state index is 0.00682. The molecule has 0 radical (unpaired) electrons. The zero-order chi connectivity index (χ0) is 115. The molecule has 2 aliphatic heterocycles. The Hall–Kier alpha value is -10.7. The molecule has 0 saturated heterocycles. The molecule has 0 aliphatic carbocycles. The Morgan fingerprint density at radius 1 is 0.223 bits per heavy atom. The maximum atomic E-state index is 12.0. The van der Waals surface area contributed by atoms with Crippen molar-refractivity contribution in [2.45, 2.75) is 314 Å². The van der Waals surface area contributed by atoms with Gasteiger partial charge in [0, 0.05) is 61.5 Å². The summed E-state index contributed by atoms with van der Waals surface area (Å²) in [6.45, 7) is 68.8. The maximum Gasteiger partial charge on any atom is 0.252 e. The fourth-order valence-electron chi connectivity index (χ4n) is 17.9. The summed E-state index contributed by atoms with van der Waals surface area (Å²) in [4.78, 5) is 3.70. The minimum Gasteiger partial charge on any atom is -0.310 e. The van der Waals surface area contributed by atoms with Crippen LogP contribution >= 0.6 is 0 Å². The molecule has 0 amide bonds. The van der Waals surface area contributed by atoms with E-state index in [-0.39, 0.29) is 170 Å². The molecule has 14 aromatic rings. The average Bonchev–Trinajstić information content (AvgIpc) is 1.03. The summed E-state index contributed by atoms with van der Waals surface area (Å²) in [6, 6.07) is 23.8. The van der Waals surface area contributed by atoms with E-state index in [0.29, 0.717) is 33.2 Å². The van der Waals surface area contributed by atoms with Crippen molar-refractivity contribution in [3.8, 4) is 72.4 Å². The molecule has 13 aromatic carbocycles. The second kappa shape index (κ2) is 31.5. The fourth-order valence-corrected chi connectivity index (χ4v) is 17.9. The lowest BCUT2D eigenvalue weighted by atomic mass is 9.33. The molecule has 670 valence electrons. The lowest BCUT2D eigenvalue weighted by molar-refractivity contribution is 0.568. The molecule has 0 spiro atoms. The molecular formula is C126H148BN3. The predicted octanol–water partition coefficient (Wildman–Crippen LogP) is 34.4. The topological polar surface area (TPSA) is 11.4 Å². The Morgan fingerprint density at radius 2 is 0.562 bits per heavy atom. The molecule has 1 aromatic heterocycles. The third kappa shape index (κ3) is 17.3. The highest BCUT2D eigenvalue weighted by molar-refractivity contribution is 7.00. The number of aromatic nitrogens is 1. The quantitative estimate of drug-likeness (QED) is 0.133. The van der Waals surface area contributed by atoms with Gasteiger partial charge in [0.05, 0.1) is 53.9 Å². The third-order valence-corrected chi connectivity index (χ3v) is 25.9. The van der Waals surface area contributed by atoms with E-state index in [1.165, 1.54) is 0 Å². The highest BCUT2D eigenvalue weighted by Crippen LogP contribution is 2.59. The van der Waals surface area contributed by atoms with Crippen LogP contribution in [0.5, 0.6) is 0 Å². The zero-order valence-electron chi connectivity index (χ0n) is 107. The fraction of sp³-hybridized carbons (Fsp3) is 0.381. The van der Waals surface area contributed by atoms with Crippen molar-refractivity contribution in [1.29, 1.82) is 0 Å². The van der Waals surface area contributed by atoms with Gasteiger partial charge in [0.25, 0.3) is 6.71 Å². The predicted molar refractivity (Wildman–Crippen MR) is 572 cm³/mol. The van der Waals surface area contributed by atoms with E-state index in [4.69, 9.17) is 1.37 Å². The molecule has 0 fully saturated rings. The van der Waals surface area contributed by atoms with Crippen molar-refractivity contribution in [3.63, 3.8) is 0 Å². The Morgan fingerprint density at radius 3 is 0.931 bits per heavy atom. The first-order valence-electron chi connectivity index (χ1n) is 58.0. The summed E-state index contributed by atoms with van der Waals surface area (Å²) in [6.07, 6.45) is 0. The normalized spacial score (nSPS) is 16.4. The molecule has 0 unspecified atom stereocenters. The van der Waals surface area contributed by atoms with E-state index in [1.807, 2.05) is 160 Å². The van der Waals surface area contributed by atoms with Crippen LogP contribution in [-0.2, 0) is 65.0 Å². The molecule has 16 rings (SSSR count). The lowest BCUT2D eigenvalue weighted by Gasteiger charge is -2.46. The van der Waals surface area contributed by atoms with Gasteiger partial charge in [0.1, 0.15) is 0 Å². The van der Waals surface area contributed by atoms with Crippen LogP contribution in [-0.4, -0.2) is 11.3 Å². The first-order chi connectivity index (χ1) is 69.7. The molecule has 0 atom stereocenters. The molecule has 3 nitrogen and oxygen atoms in total. The SMILES string of the molecule is [2H]c1c([2H])c([2H])c(-c2ccc3c(c2)N(c2c(-c4c([2H])c([2H])c(C(C)(C)C)c([2H])c4[2H])c([2H])c(C(C)(C)C)c([2H])c2-c2c([2H])c([2H])c(C(C)(C)C)c([2H])c2C(C)(C)C)c2cc(-c4cc(C(C)(C)C)cc(C(C)(C)C)c4)cc4c2B3c2ccc(-n3c5ccc(C(C)(C)C)cc5c5cc(C(C)(C)C)ccc53)cc2N4c2c(-c3c([2H])c([2H])c(C(C)(C)C)c([2H])c3[2H])c([2H])c(C(C)(C)C)c([2H])c2-c2c([2H])c([2H])c(C(C)(C)C)c([2H])c2C(C)(C)C)c([2H])c1[2H]. The van der Waals surface area contributed by atoms with E-state index in [9.17, 15) is 30.2 Å². The van der Waals surface area contributed by atoms with Crippen molar-refractivity contribution in [3.05, 3.63) is 309 Å². The summed E-state index contributed by atoms with van der Waals surface area (Å²) >= 11 is 0. The van der Waals surface area contributed by atoms with Gasteiger partial charge in [0.2, 0.25) is 0 Å². The van der Waals surface area contributed by atoms with Crippen molar-refractivity contribution in [1.82, 2.24) is 4.57 Å². The van der Waals surface area contributed by atoms with Crippen LogP contribution in [0.1, 0.15) is 348 Å². The van der Waals surface area contributed by atoms with Crippen LogP contribution in [0.25, 0.3) is 94.3 Å². The monoisotopic (exact) mass is 1740 g/mol. The average molecular weight is 1740 g/mol. The molecule has 130 heavy (non-hydrogen) atoms. The molecule has 0 bridgehead atoms. The Balaban J connectivity index is 1.33. The maximum absolute atomic E-state index is 12.0. The van der Waals surface area contributed by atoms with E-state index in [1.54, 1.807) is 64.6 Å². The van der Waals surface area contributed by atoms with Gasteiger partial charge in [-0.05, 0) is 271 Å². The molecule has 3 heterocycles. The van der Waals surface area contributed by atoms with Crippen LogP contribution in [0.2, 0.25) is 0 Å². The molecule has 2 aliphatic rings. The van der Waals surface area contributed by atoms with Crippen LogP contribution in [0.15, 0.2) is 242 Å². The highest BCUT2D eigenvalue weighted by atomic mass is 15.2. The van der Waals surface area contributed by atoms with E-state index < -0.39 is 175 Å². The van der Waals surface area contributed by atoms with Crippen molar-refractivity contribution in [2.24, 2.45) is 0 Å². The summed E-state index contributed by atoms with van der Waals surface area (Å²) in [5.74, 6) is 0. The van der Waals surface area contributed by atoms with Crippen molar-refractivity contribution >= 4 is 79.0 Å². The Labute approximate surface area is 816 Å². The smallest absolute Gasteiger partial charge is 0.252 e. The van der Waals surface area contributed by atoms with Gasteiger partial charge < -0.3 is 14.4 Å². The lowest BCUT2D eigenvalue weighted by Crippen LogP contribution is -2.61. The summed E-state index contributed by atoms with van der Waals surface area (Å²) < 4.78 is 251. The van der Waals surface area contributed by atoms with Crippen molar-refractivity contribution in [2.75, 3.05) is 9.80 Å². The summed E-state index contributed by atoms with van der Waals surface area (Å²) in [7, 11) is 0. The largest absolute Gasteiger partial charge is 0.310 e. The van der Waals surface area contributed by atoms with E-state index >= 15 is 0 Å². The van der Waals surface area contributed by atoms with Crippen LogP contribution in [0.4, 0.5) is 34.1 Å².